The summed E-state index contributed by atoms with van der Waals surface area (Å²) in [7, 11) is 0. The highest BCUT2D eigenvalue weighted by atomic mass is 32.2. The topological polar surface area (TPSA) is 98.4 Å². The number of carbonyl (C=O) groups excluding carboxylic acids is 2. The number of aryl methyl sites for hydroxylation is 1. The molecule has 2 aromatic heterocycles. The number of ketones is 1. The third-order valence-corrected chi connectivity index (χ3v) is 6.82. The van der Waals surface area contributed by atoms with Crippen LogP contribution >= 0.6 is 11.8 Å². The molecule has 0 spiro atoms. The maximum atomic E-state index is 13.5. The van der Waals surface area contributed by atoms with Gasteiger partial charge in [0.1, 0.15) is 0 Å². The SMILES string of the molecule is CCC(=O)Nc1ccc(C(=O)CSc2nnc3n(-c4ccccc4C)c(=O)c4ccccc4n23)cc1. The Morgan fingerprint density at radius 3 is 2.42 bits per heavy atom. The van der Waals surface area contributed by atoms with Gasteiger partial charge in [0.05, 0.1) is 22.3 Å². The van der Waals surface area contributed by atoms with Crippen LogP contribution < -0.4 is 10.9 Å². The first-order chi connectivity index (χ1) is 17.5. The minimum absolute atomic E-state index is 0.0818. The summed E-state index contributed by atoms with van der Waals surface area (Å²) in [6.07, 6.45) is 0.385. The molecule has 5 aromatic rings. The van der Waals surface area contributed by atoms with Gasteiger partial charge >= 0.3 is 0 Å². The quantitative estimate of drug-likeness (QED) is 0.259. The highest BCUT2D eigenvalue weighted by Gasteiger charge is 2.19. The van der Waals surface area contributed by atoms with E-state index in [1.54, 1.807) is 41.8 Å². The van der Waals surface area contributed by atoms with Gasteiger partial charge in [-0.3, -0.25) is 18.8 Å². The first-order valence-electron chi connectivity index (χ1n) is 11.5. The summed E-state index contributed by atoms with van der Waals surface area (Å²) in [4.78, 5) is 37.9. The van der Waals surface area contributed by atoms with Gasteiger partial charge in [0.2, 0.25) is 11.7 Å². The van der Waals surface area contributed by atoms with Crippen molar-refractivity contribution in [2.45, 2.75) is 25.4 Å². The fourth-order valence-corrected chi connectivity index (χ4v) is 4.84. The second-order valence-corrected chi connectivity index (χ2v) is 9.20. The normalized spacial score (nSPS) is 11.2. The molecule has 9 heteroatoms. The standard InChI is InChI=1S/C27H23N5O3S/c1-3-24(34)28-19-14-12-18(13-15-19)23(33)16-36-27-30-29-26-31(21-10-6-4-8-17(21)2)25(35)20-9-5-7-11-22(20)32(26)27/h4-15H,3,16H2,1-2H3,(H,28,34). The van der Waals surface area contributed by atoms with Crippen molar-refractivity contribution in [1.29, 1.82) is 0 Å². The molecular weight excluding hydrogens is 474 g/mol. The summed E-state index contributed by atoms with van der Waals surface area (Å²) in [6.45, 7) is 3.72. The average molecular weight is 498 g/mol. The van der Waals surface area contributed by atoms with E-state index in [9.17, 15) is 14.4 Å². The van der Waals surface area contributed by atoms with Gasteiger partial charge in [-0.2, -0.15) is 0 Å². The highest BCUT2D eigenvalue weighted by Crippen LogP contribution is 2.25. The fraction of sp³-hybridized carbons (Fsp3) is 0.148. The van der Waals surface area contributed by atoms with Gasteiger partial charge < -0.3 is 5.32 Å². The van der Waals surface area contributed by atoms with Gasteiger partial charge in [0.15, 0.2) is 10.9 Å². The molecule has 1 amide bonds. The molecule has 1 N–H and O–H groups in total. The Hall–Kier alpha value is -4.24. The molecule has 0 atom stereocenters. The molecule has 8 nitrogen and oxygen atoms in total. The predicted octanol–water partition coefficient (Wildman–Crippen LogP) is 4.67. The summed E-state index contributed by atoms with van der Waals surface area (Å²) in [6, 6.07) is 21.8. The van der Waals surface area contributed by atoms with Crippen molar-refractivity contribution >= 4 is 45.8 Å². The number of thioether (sulfide) groups is 1. The van der Waals surface area contributed by atoms with Crippen LogP contribution in [0.15, 0.2) is 82.7 Å². The van der Waals surface area contributed by atoms with E-state index in [0.29, 0.717) is 39.5 Å². The molecule has 36 heavy (non-hydrogen) atoms. The molecular formula is C27H23N5O3S. The smallest absolute Gasteiger partial charge is 0.267 e. The molecule has 180 valence electrons. The van der Waals surface area contributed by atoms with E-state index in [-0.39, 0.29) is 23.0 Å². The number of fused-ring (bicyclic) bond motifs is 3. The summed E-state index contributed by atoms with van der Waals surface area (Å²) in [5.74, 6) is 0.361. The Labute approximate surface area is 211 Å². The van der Waals surface area contributed by atoms with Crippen molar-refractivity contribution in [2.24, 2.45) is 0 Å². The van der Waals surface area contributed by atoms with Gasteiger partial charge in [-0.05, 0) is 55.0 Å². The molecule has 0 radical (unpaired) electrons. The largest absolute Gasteiger partial charge is 0.326 e. The second kappa shape index (κ2) is 9.79. The van der Waals surface area contributed by atoms with Gasteiger partial charge in [-0.15, -0.1) is 10.2 Å². The molecule has 0 unspecified atom stereocenters. The monoisotopic (exact) mass is 497 g/mol. The van der Waals surface area contributed by atoms with E-state index in [1.807, 2.05) is 53.8 Å². The highest BCUT2D eigenvalue weighted by molar-refractivity contribution is 7.99. The van der Waals surface area contributed by atoms with Gasteiger partial charge in [-0.1, -0.05) is 49.0 Å². The number of amides is 1. The predicted molar refractivity (Wildman–Crippen MR) is 141 cm³/mol. The summed E-state index contributed by atoms with van der Waals surface area (Å²) in [5.41, 5.74) is 3.35. The van der Waals surface area contributed by atoms with Crippen molar-refractivity contribution in [2.75, 3.05) is 11.1 Å². The molecule has 3 aromatic carbocycles. The second-order valence-electron chi connectivity index (χ2n) is 8.25. The fourth-order valence-electron chi connectivity index (χ4n) is 4.01. The van der Waals surface area contributed by atoms with E-state index in [4.69, 9.17) is 0 Å². The van der Waals surface area contributed by atoms with Crippen LogP contribution in [0.2, 0.25) is 0 Å². The number of nitrogens with one attached hydrogen (secondary N) is 1. The number of benzene rings is 3. The summed E-state index contributed by atoms with van der Waals surface area (Å²) >= 11 is 1.26. The zero-order chi connectivity index (χ0) is 25.2. The average Bonchev–Trinajstić information content (AvgIpc) is 3.32. The Bertz CT molecular complexity index is 1670. The number of carbonyl (C=O) groups is 2. The Morgan fingerprint density at radius 2 is 1.67 bits per heavy atom. The minimum atomic E-state index is -0.178. The first kappa shape index (κ1) is 23.5. The lowest BCUT2D eigenvalue weighted by Gasteiger charge is -2.13. The van der Waals surface area contributed by atoms with Crippen LogP contribution in [-0.2, 0) is 4.79 Å². The number of hydrogen-bond acceptors (Lipinski definition) is 6. The molecule has 0 fully saturated rings. The van der Waals surface area contributed by atoms with E-state index in [2.05, 4.69) is 15.5 Å². The number of hydrogen-bond donors (Lipinski definition) is 1. The number of aromatic nitrogens is 4. The van der Waals surface area contributed by atoms with E-state index in [1.165, 1.54) is 11.8 Å². The summed E-state index contributed by atoms with van der Waals surface area (Å²) in [5, 5.41) is 12.5. The molecule has 0 saturated carbocycles. The number of anilines is 1. The lowest BCUT2D eigenvalue weighted by Crippen LogP contribution is -2.22. The molecule has 5 rings (SSSR count). The Kier molecular flexibility index (Phi) is 6.39. The third kappa shape index (κ3) is 4.29. The van der Waals surface area contributed by atoms with Crippen molar-refractivity contribution in [3.63, 3.8) is 0 Å². The van der Waals surface area contributed by atoms with Crippen molar-refractivity contribution < 1.29 is 9.59 Å². The molecule has 0 aliphatic rings. The zero-order valence-corrected chi connectivity index (χ0v) is 20.6. The number of nitrogens with zero attached hydrogens (tertiary/aromatic N) is 4. The minimum Gasteiger partial charge on any atom is -0.326 e. The van der Waals surface area contributed by atoms with Crippen LogP contribution in [0.4, 0.5) is 5.69 Å². The van der Waals surface area contributed by atoms with Crippen LogP contribution in [0.1, 0.15) is 29.3 Å². The zero-order valence-electron chi connectivity index (χ0n) is 19.8. The van der Waals surface area contributed by atoms with Gasteiger partial charge in [0.25, 0.3) is 5.56 Å². The van der Waals surface area contributed by atoms with E-state index < -0.39 is 0 Å². The van der Waals surface area contributed by atoms with Gasteiger partial charge in [0, 0.05) is 17.7 Å². The van der Waals surface area contributed by atoms with Crippen molar-refractivity contribution in [3.05, 3.63) is 94.3 Å². The van der Waals surface area contributed by atoms with Crippen LogP contribution in [0, 0.1) is 6.92 Å². The number of rotatable bonds is 7. The first-order valence-corrected chi connectivity index (χ1v) is 12.5. The maximum absolute atomic E-state index is 13.5. The van der Waals surface area contributed by atoms with E-state index in [0.717, 1.165) is 11.3 Å². The number of Topliss-reactive ketones (excluding diaryl/α,β-unsaturated/α-hetero) is 1. The summed E-state index contributed by atoms with van der Waals surface area (Å²) < 4.78 is 3.39. The van der Waals surface area contributed by atoms with Crippen molar-refractivity contribution in [1.82, 2.24) is 19.2 Å². The van der Waals surface area contributed by atoms with Crippen LogP contribution in [0.25, 0.3) is 22.4 Å². The Morgan fingerprint density at radius 1 is 0.944 bits per heavy atom. The number of para-hydroxylation sites is 2. The van der Waals surface area contributed by atoms with Crippen LogP contribution in [-0.4, -0.2) is 36.6 Å². The Balaban J connectivity index is 1.50. The van der Waals surface area contributed by atoms with Crippen molar-refractivity contribution in [3.8, 4) is 5.69 Å². The van der Waals surface area contributed by atoms with Crippen LogP contribution in [0.5, 0.6) is 0 Å². The molecule has 0 bridgehead atoms. The van der Waals surface area contributed by atoms with Gasteiger partial charge in [-0.25, -0.2) is 4.57 Å². The van der Waals surface area contributed by atoms with Crippen LogP contribution in [0.3, 0.4) is 0 Å². The lowest BCUT2D eigenvalue weighted by atomic mass is 10.1. The third-order valence-electron chi connectivity index (χ3n) is 5.90. The lowest BCUT2D eigenvalue weighted by molar-refractivity contribution is -0.115. The molecule has 2 heterocycles. The molecule has 0 saturated heterocycles. The maximum Gasteiger partial charge on any atom is 0.267 e. The molecule has 0 aliphatic heterocycles. The molecule has 0 aliphatic carbocycles. The van der Waals surface area contributed by atoms with E-state index >= 15 is 0 Å².